The van der Waals surface area contributed by atoms with Crippen LogP contribution >= 0.6 is 0 Å². The average Bonchev–Trinajstić information content (AvgIpc) is 3.51. The number of benzene rings is 2. The molecule has 2 aromatic carbocycles. The number of likely N-dealkylation sites (tertiary alicyclic amines) is 1. The van der Waals surface area contributed by atoms with Gasteiger partial charge in [-0.05, 0) is 74.0 Å². The van der Waals surface area contributed by atoms with Gasteiger partial charge in [0.05, 0.1) is 5.56 Å². The summed E-state index contributed by atoms with van der Waals surface area (Å²) in [6.45, 7) is 4.28. The van der Waals surface area contributed by atoms with E-state index in [4.69, 9.17) is 5.11 Å². The number of hydrogen-bond acceptors (Lipinski definition) is 3. The molecule has 2 N–H and O–H groups in total. The van der Waals surface area contributed by atoms with E-state index in [9.17, 15) is 4.79 Å². The molecule has 2 atom stereocenters. The number of carbonyl (C=O) groups is 1. The Bertz CT molecular complexity index is 824. The van der Waals surface area contributed by atoms with E-state index >= 15 is 0 Å². The van der Waals surface area contributed by atoms with Crippen molar-refractivity contribution in [1.82, 2.24) is 10.2 Å². The predicted octanol–water partition coefficient (Wildman–Crippen LogP) is 4.29. The number of carboxylic acids is 1. The largest absolute Gasteiger partial charge is 0.478 e. The number of carboxylic acid groups (broad SMARTS) is 1. The first-order valence-electron chi connectivity index (χ1n) is 10.7. The number of hydrogen-bond donors (Lipinski definition) is 2. The van der Waals surface area contributed by atoms with Crippen molar-refractivity contribution in [2.24, 2.45) is 11.8 Å². The number of piperidine rings is 1. The number of rotatable bonds is 8. The van der Waals surface area contributed by atoms with Gasteiger partial charge in [-0.15, -0.1) is 0 Å². The van der Waals surface area contributed by atoms with Crippen molar-refractivity contribution in [3.05, 3.63) is 77.4 Å². The molecule has 4 rings (SSSR count). The molecule has 1 aliphatic carbocycles. The molecule has 2 aromatic rings. The molecule has 1 aliphatic heterocycles. The molecule has 2 unspecified atom stereocenters. The van der Waals surface area contributed by atoms with Crippen LogP contribution in [0, 0.1) is 11.8 Å². The van der Waals surface area contributed by atoms with Crippen molar-refractivity contribution in [3.63, 3.8) is 0 Å². The first-order valence-corrected chi connectivity index (χ1v) is 10.7. The standard InChI is InChI=1S/C25H30N2O2/c28-25(29)22-9-7-21(8-10-22)18-27-14-12-20(13-15-27)17-26-24-16-23(24)11-6-19-4-2-1-3-5-19/h1-11,20,23-24,26H,12-18H2,(H,28,29)/b11-6+. The molecule has 0 radical (unpaired) electrons. The van der Waals surface area contributed by atoms with Gasteiger partial charge >= 0.3 is 5.97 Å². The zero-order chi connectivity index (χ0) is 20.1. The number of nitrogens with one attached hydrogen (secondary N) is 1. The highest BCUT2D eigenvalue weighted by molar-refractivity contribution is 5.87. The zero-order valence-electron chi connectivity index (χ0n) is 16.8. The van der Waals surface area contributed by atoms with E-state index in [0.29, 0.717) is 17.5 Å². The summed E-state index contributed by atoms with van der Waals surface area (Å²) < 4.78 is 0. The maximum Gasteiger partial charge on any atom is 0.335 e. The molecule has 4 heteroatoms. The molecule has 1 heterocycles. The van der Waals surface area contributed by atoms with Gasteiger partial charge in [0.25, 0.3) is 0 Å². The topological polar surface area (TPSA) is 52.6 Å². The second-order valence-electron chi connectivity index (χ2n) is 8.41. The predicted molar refractivity (Wildman–Crippen MR) is 117 cm³/mol. The smallest absolute Gasteiger partial charge is 0.335 e. The Labute approximate surface area is 173 Å². The van der Waals surface area contributed by atoms with Gasteiger partial charge in [-0.3, -0.25) is 4.90 Å². The van der Waals surface area contributed by atoms with E-state index in [1.165, 1.54) is 30.4 Å². The molecule has 0 aromatic heterocycles. The van der Waals surface area contributed by atoms with E-state index in [1.807, 2.05) is 12.1 Å². The van der Waals surface area contributed by atoms with E-state index in [-0.39, 0.29) is 0 Å². The SMILES string of the molecule is O=C(O)c1ccc(CN2CCC(CNC3CC3/C=C/c3ccccc3)CC2)cc1. The molecule has 152 valence electrons. The van der Waals surface area contributed by atoms with E-state index in [2.05, 4.69) is 52.7 Å². The van der Waals surface area contributed by atoms with Gasteiger partial charge in [0.2, 0.25) is 0 Å². The fourth-order valence-electron chi connectivity index (χ4n) is 4.14. The third-order valence-corrected chi connectivity index (χ3v) is 6.16. The van der Waals surface area contributed by atoms with Crippen LogP contribution in [0.2, 0.25) is 0 Å². The van der Waals surface area contributed by atoms with Crippen LogP contribution in [0.4, 0.5) is 0 Å². The lowest BCUT2D eigenvalue weighted by molar-refractivity contribution is 0.0697. The van der Waals surface area contributed by atoms with Crippen molar-refractivity contribution >= 4 is 12.0 Å². The van der Waals surface area contributed by atoms with E-state index in [0.717, 1.165) is 32.1 Å². The maximum absolute atomic E-state index is 11.0. The minimum absolute atomic E-state index is 0.357. The Morgan fingerprint density at radius 2 is 1.79 bits per heavy atom. The lowest BCUT2D eigenvalue weighted by Gasteiger charge is -2.32. The maximum atomic E-state index is 11.0. The minimum atomic E-state index is -0.863. The van der Waals surface area contributed by atoms with Gasteiger partial charge in [-0.2, -0.15) is 0 Å². The molecule has 1 saturated heterocycles. The van der Waals surface area contributed by atoms with Crippen molar-refractivity contribution in [2.75, 3.05) is 19.6 Å². The van der Waals surface area contributed by atoms with Crippen molar-refractivity contribution in [2.45, 2.75) is 31.8 Å². The summed E-state index contributed by atoms with van der Waals surface area (Å²) in [5, 5.41) is 12.8. The fraction of sp³-hybridized carbons (Fsp3) is 0.400. The third kappa shape index (κ3) is 5.78. The van der Waals surface area contributed by atoms with Gasteiger partial charge in [-0.25, -0.2) is 4.79 Å². The summed E-state index contributed by atoms with van der Waals surface area (Å²) >= 11 is 0. The van der Waals surface area contributed by atoms with Crippen LogP contribution in [0.5, 0.6) is 0 Å². The molecular weight excluding hydrogens is 360 g/mol. The van der Waals surface area contributed by atoms with Crippen LogP contribution in [-0.4, -0.2) is 41.7 Å². The monoisotopic (exact) mass is 390 g/mol. The lowest BCUT2D eigenvalue weighted by atomic mass is 9.96. The molecule has 29 heavy (non-hydrogen) atoms. The average molecular weight is 391 g/mol. The Morgan fingerprint density at radius 1 is 1.07 bits per heavy atom. The first kappa shape index (κ1) is 19.9. The first-order chi connectivity index (χ1) is 14.2. The molecule has 0 spiro atoms. The highest BCUT2D eigenvalue weighted by Gasteiger charge is 2.34. The minimum Gasteiger partial charge on any atom is -0.478 e. The Morgan fingerprint density at radius 3 is 2.48 bits per heavy atom. The molecular formula is C25H30N2O2. The van der Waals surface area contributed by atoms with Crippen LogP contribution in [0.25, 0.3) is 6.08 Å². The highest BCUT2D eigenvalue weighted by atomic mass is 16.4. The summed E-state index contributed by atoms with van der Waals surface area (Å²) in [6, 6.07) is 18.4. The van der Waals surface area contributed by atoms with Crippen molar-refractivity contribution < 1.29 is 9.90 Å². The zero-order valence-corrected chi connectivity index (χ0v) is 16.8. The van der Waals surface area contributed by atoms with Crippen LogP contribution in [0.1, 0.15) is 40.7 Å². The summed E-state index contributed by atoms with van der Waals surface area (Å²) in [5.41, 5.74) is 2.83. The number of nitrogens with zero attached hydrogens (tertiary/aromatic N) is 1. The molecule has 1 saturated carbocycles. The van der Waals surface area contributed by atoms with Crippen molar-refractivity contribution in [3.8, 4) is 0 Å². The van der Waals surface area contributed by atoms with Gasteiger partial charge in [-0.1, -0.05) is 54.6 Å². The quantitative estimate of drug-likeness (QED) is 0.706. The van der Waals surface area contributed by atoms with Gasteiger partial charge in [0.15, 0.2) is 0 Å². The Balaban J connectivity index is 1.14. The van der Waals surface area contributed by atoms with Crippen LogP contribution < -0.4 is 5.32 Å². The molecule has 4 nitrogen and oxygen atoms in total. The fourth-order valence-corrected chi connectivity index (χ4v) is 4.14. The highest BCUT2D eigenvalue weighted by Crippen LogP contribution is 2.33. The third-order valence-electron chi connectivity index (χ3n) is 6.16. The Hall–Kier alpha value is -2.43. The molecule has 2 aliphatic rings. The van der Waals surface area contributed by atoms with E-state index < -0.39 is 5.97 Å². The van der Waals surface area contributed by atoms with Gasteiger partial charge in [0, 0.05) is 12.6 Å². The normalized spacial score (nSPS) is 22.8. The van der Waals surface area contributed by atoms with Gasteiger partial charge < -0.3 is 10.4 Å². The van der Waals surface area contributed by atoms with Gasteiger partial charge in [0.1, 0.15) is 0 Å². The second-order valence-corrected chi connectivity index (χ2v) is 8.41. The van der Waals surface area contributed by atoms with Crippen LogP contribution in [0.3, 0.4) is 0 Å². The van der Waals surface area contributed by atoms with E-state index in [1.54, 1.807) is 12.1 Å². The van der Waals surface area contributed by atoms with Crippen LogP contribution in [-0.2, 0) is 6.54 Å². The number of aromatic carboxylic acids is 1. The molecule has 2 fully saturated rings. The summed E-state index contributed by atoms with van der Waals surface area (Å²) in [5.74, 6) is 0.586. The molecule has 0 bridgehead atoms. The summed E-state index contributed by atoms with van der Waals surface area (Å²) in [4.78, 5) is 13.4. The lowest BCUT2D eigenvalue weighted by Crippen LogP contribution is -2.37. The second kappa shape index (κ2) is 9.38. The van der Waals surface area contributed by atoms with Crippen molar-refractivity contribution in [1.29, 1.82) is 0 Å². The van der Waals surface area contributed by atoms with Crippen LogP contribution in [0.15, 0.2) is 60.7 Å². The summed E-state index contributed by atoms with van der Waals surface area (Å²) in [6.07, 6.45) is 8.32. The Kier molecular flexibility index (Phi) is 6.43. The summed E-state index contributed by atoms with van der Waals surface area (Å²) in [7, 11) is 0. The molecule has 0 amide bonds.